The van der Waals surface area contributed by atoms with E-state index >= 15 is 0 Å². The van der Waals surface area contributed by atoms with E-state index < -0.39 is 0 Å². The van der Waals surface area contributed by atoms with Gasteiger partial charge in [-0.1, -0.05) is 84.9 Å². The van der Waals surface area contributed by atoms with Crippen molar-refractivity contribution >= 4 is 76.4 Å². The van der Waals surface area contributed by atoms with Gasteiger partial charge < -0.3 is 13.3 Å². The van der Waals surface area contributed by atoms with Crippen LogP contribution in [0.4, 0.5) is 0 Å². The smallest absolute Gasteiger partial charge is 0.139 e. The van der Waals surface area contributed by atoms with Crippen LogP contribution in [0.5, 0.6) is 0 Å². The van der Waals surface area contributed by atoms with Crippen LogP contribution in [0.15, 0.2) is 147 Å². The maximum Gasteiger partial charge on any atom is 0.139 e. The molecule has 0 unspecified atom stereocenters. The van der Waals surface area contributed by atoms with Gasteiger partial charge in [-0.15, -0.1) is 0 Å². The number of hydrogen-bond donors (Lipinski definition) is 0. The maximum atomic E-state index is 6.42. The molecule has 3 nitrogen and oxygen atoms in total. The van der Waals surface area contributed by atoms with Crippen molar-refractivity contribution in [1.29, 1.82) is 0 Å². The van der Waals surface area contributed by atoms with Gasteiger partial charge in [0.2, 0.25) is 0 Å². The van der Waals surface area contributed by atoms with Crippen molar-refractivity contribution in [3.05, 3.63) is 134 Å². The molecule has 0 N–H and O–H groups in total. The van der Waals surface area contributed by atoms with E-state index in [1.54, 1.807) is 6.26 Å². The molecule has 200 valence electrons. The average Bonchev–Trinajstić information content (AvgIpc) is 3.76. The molecule has 0 aliphatic heterocycles. The Morgan fingerprint density at radius 3 is 1.81 bits per heavy atom. The molecule has 0 aliphatic carbocycles. The first-order valence-electron chi connectivity index (χ1n) is 14.5. The predicted molar refractivity (Wildman–Crippen MR) is 177 cm³/mol. The van der Waals surface area contributed by atoms with Crippen LogP contribution in [0, 0.1) is 0 Å². The SMILES string of the molecule is c1ccc2c(c1)oc1cccc(-c3c4ccccc4c(-c4ccc5c(c4)oc4cc6occc6cc45)c4ccccc34)c12. The molecule has 0 amide bonds. The maximum absolute atomic E-state index is 6.42. The highest BCUT2D eigenvalue weighted by atomic mass is 16.3. The monoisotopic (exact) mass is 550 g/mol. The summed E-state index contributed by atoms with van der Waals surface area (Å²) in [4.78, 5) is 0. The number of furan rings is 3. The minimum atomic E-state index is 0.833. The molecule has 43 heavy (non-hydrogen) atoms. The Bertz CT molecular complexity index is 2680. The van der Waals surface area contributed by atoms with Gasteiger partial charge in [0.05, 0.1) is 6.26 Å². The molecular formula is C40H22O3. The minimum absolute atomic E-state index is 0.833. The molecule has 10 rings (SSSR count). The van der Waals surface area contributed by atoms with Crippen LogP contribution in [0.2, 0.25) is 0 Å². The van der Waals surface area contributed by atoms with Crippen molar-refractivity contribution in [2.45, 2.75) is 0 Å². The molecule has 0 atom stereocenters. The van der Waals surface area contributed by atoms with Crippen molar-refractivity contribution < 1.29 is 13.3 Å². The number of fused-ring (bicyclic) bond motifs is 9. The van der Waals surface area contributed by atoms with E-state index in [1.165, 1.54) is 38.2 Å². The molecule has 10 aromatic rings. The topological polar surface area (TPSA) is 39.4 Å². The quantitative estimate of drug-likeness (QED) is 0.201. The standard InChI is InChI=1S/C40H22O3/c1-3-10-28-26(8-1)38(24-16-17-25-32-20-23-18-19-41-35(23)22-37(32)43-36(25)21-24)27-9-2-4-11-29(27)39(28)31-13-7-15-34-40(31)30-12-5-6-14-33(30)42-34/h1-22H. The van der Waals surface area contributed by atoms with E-state index in [0.29, 0.717) is 0 Å². The normalized spacial score (nSPS) is 12.2. The second-order valence-corrected chi connectivity index (χ2v) is 11.2. The fourth-order valence-electron chi connectivity index (χ4n) is 7.10. The Labute approximate surface area is 245 Å². The van der Waals surface area contributed by atoms with Crippen LogP contribution in [-0.2, 0) is 0 Å². The van der Waals surface area contributed by atoms with Crippen molar-refractivity contribution in [2.24, 2.45) is 0 Å². The summed E-state index contributed by atoms with van der Waals surface area (Å²) in [5, 5.41) is 10.4. The van der Waals surface area contributed by atoms with Crippen molar-refractivity contribution in [3.63, 3.8) is 0 Å². The molecule has 0 aliphatic rings. The van der Waals surface area contributed by atoms with E-state index in [2.05, 4.69) is 103 Å². The van der Waals surface area contributed by atoms with Gasteiger partial charge in [0.15, 0.2) is 0 Å². The largest absolute Gasteiger partial charge is 0.464 e. The minimum Gasteiger partial charge on any atom is -0.464 e. The summed E-state index contributed by atoms with van der Waals surface area (Å²) in [6.07, 6.45) is 1.72. The number of hydrogen-bond acceptors (Lipinski definition) is 3. The van der Waals surface area contributed by atoms with Gasteiger partial charge in [-0.3, -0.25) is 0 Å². The Morgan fingerprint density at radius 1 is 0.372 bits per heavy atom. The van der Waals surface area contributed by atoms with E-state index in [1.807, 2.05) is 24.3 Å². The van der Waals surface area contributed by atoms with E-state index in [-0.39, 0.29) is 0 Å². The van der Waals surface area contributed by atoms with Gasteiger partial charge >= 0.3 is 0 Å². The van der Waals surface area contributed by atoms with Crippen LogP contribution in [0.3, 0.4) is 0 Å². The van der Waals surface area contributed by atoms with E-state index in [9.17, 15) is 0 Å². The molecule has 7 aromatic carbocycles. The average molecular weight is 551 g/mol. The summed E-state index contributed by atoms with van der Waals surface area (Å²) < 4.78 is 18.4. The molecule has 3 heterocycles. The summed E-state index contributed by atoms with van der Waals surface area (Å²) in [6.45, 7) is 0. The predicted octanol–water partition coefficient (Wildman–Crippen LogP) is 11.9. The van der Waals surface area contributed by atoms with Crippen LogP contribution in [0.25, 0.3) is 98.6 Å². The molecule has 0 radical (unpaired) electrons. The lowest BCUT2D eigenvalue weighted by Crippen LogP contribution is -1.91. The fourth-order valence-corrected chi connectivity index (χ4v) is 7.10. The second kappa shape index (κ2) is 8.37. The van der Waals surface area contributed by atoms with Gasteiger partial charge in [0.1, 0.15) is 27.9 Å². The first kappa shape index (κ1) is 22.8. The highest BCUT2D eigenvalue weighted by Gasteiger charge is 2.20. The van der Waals surface area contributed by atoms with Crippen molar-refractivity contribution in [3.8, 4) is 22.3 Å². The highest BCUT2D eigenvalue weighted by molar-refractivity contribution is 6.26. The van der Waals surface area contributed by atoms with Crippen LogP contribution >= 0.6 is 0 Å². The molecule has 0 spiro atoms. The van der Waals surface area contributed by atoms with Gasteiger partial charge in [-0.05, 0) is 80.2 Å². The first-order valence-corrected chi connectivity index (χ1v) is 14.5. The van der Waals surface area contributed by atoms with Crippen molar-refractivity contribution in [2.75, 3.05) is 0 Å². The lowest BCUT2D eigenvalue weighted by molar-refractivity contribution is 0.613. The Balaban J connectivity index is 1.30. The third kappa shape index (κ3) is 3.14. The van der Waals surface area contributed by atoms with Gasteiger partial charge in [-0.2, -0.15) is 0 Å². The number of para-hydroxylation sites is 1. The molecule has 0 saturated carbocycles. The molecule has 3 heteroatoms. The van der Waals surface area contributed by atoms with Crippen molar-refractivity contribution in [1.82, 2.24) is 0 Å². The zero-order valence-electron chi connectivity index (χ0n) is 22.9. The van der Waals surface area contributed by atoms with Gasteiger partial charge in [0, 0.05) is 33.0 Å². The van der Waals surface area contributed by atoms with E-state index in [0.717, 1.165) is 60.4 Å². The zero-order valence-corrected chi connectivity index (χ0v) is 22.9. The molecule has 0 saturated heterocycles. The zero-order chi connectivity index (χ0) is 28.1. The molecule has 0 fully saturated rings. The summed E-state index contributed by atoms with van der Waals surface area (Å²) in [6, 6.07) is 45.0. The Morgan fingerprint density at radius 2 is 1.02 bits per heavy atom. The molecule has 3 aromatic heterocycles. The highest BCUT2D eigenvalue weighted by Crippen LogP contribution is 2.47. The third-order valence-corrected chi connectivity index (χ3v) is 8.94. The Kier molecular flexibility index (Phi) is 4.45. The van der Waals surface area contributed by atoms with Crippen LogP contribution in [-0.4, -0.2) is 0 Å². The van der Waals surface area contributed by atoms with E-state index in [4.69, 9.17) is 13.3 Å². The lowest BCUT2D eigenvalue weighted by atomic mass is 9.85. The third-order valence-electron chi connectivity index (χ3n) is 8.94. The Hall–Kier alpha value is -5.80. The molecule has 0 bridgehead atoms. The number of benzene rings is 7. The van der Waals surface area contributed by atoms with Crippen LogP contribution in [0.1, 0.15) is 0 Å². The lowest BCUT2D eigenvalue weighted by Gasteiger charge is -2.18. The van der Waals surface area contributed by atoms with Crippen LogP contribution < -0.4 is 0 Å². The fraction of sp³-hybridized carbons (Fsp3) is 0. The second-order valence-electron chi connectivity index (χ2n) is 11.2. The summed E-state index contributed by atoms with van der Waals surface area (Å²) in [5.41, 5.74) is 9.07. The summed E-state index contributed by atoms with van der Waals surface area (Å²) >= 11 is 0. The number of rotatable bonds is 2. The first-order chi connectivity index (χ1) is 21.3. The summed E-state index contributed by atoms with van der Waals surface area (Å²) in [7, 11) is 0. The van der Waals surface area contributed by atoms with Gasteiger partial charge in [-0.25, -0.2) is 0 Å². The molecular weight excluding hydrogens is 528 g/mol. The van der Waals surface area contributed by atoms with Gasteiger partial charge in [0.25, 0.3) is 0 Å². The summed E-state index contributed by atoms with van der Waals surface area (Å²) in [5.74, 6) is 0.